The number of rotatable bonds is 3. The van der Waals surface area contributed by atoms with Crippen molar-refractivity contribution >= 4 is 35.6 Å². The van der Waals surface area contributed by atoms with Crippen molar-refractivity contribution < 1.29 is 0 Å². The summed E-state index contributed by atoms with van der Waals surface area (Å²) in [5.41, 5.74) is 8.60. The van der Waals surface area contributed by atoms with E-state index in [4.69, 9.17) is 5.73 Å². The zero-order valence-corrected chi connectivity index (χ0v) is 15.3. The number of benzene rings is 1. The summed E-state index contributed by atoms with van der Waals surface area (Å²) in [7, 11) is 0. The van der Waals surface area contributed by atoms with E-state index in [0.717, 1.165) is 26.2 Å². The molecule has 1 aromatic carbocycles. The van der Waals surface area contributed by atoms with Gasteiger partial charge in [0, 0.05) is 31.9 Å². The van der Waals surface area contributed by atoms with Gasteiger partial charge in [-0.25, -0.2) is 4.99 Å². The van der Waals surface area contributed by atoms with Crippen LogP contribution in [0.1, 0.15) is 24.8 Å². The van der Waals surface area contributed by atoms with Crippen molar-refractivity contribution in [2.45, 2.75) is 25.8 Å². The summed E-state index contributed by atoms with van der Waals surface area (Å²) in [5.74, 6) is 0.697. The van der Waals surface area contributed by atoms with Crippen molar-refractivity contribution in [2.75, 3.05) is 31.1 Å². The minimum absolute atomic E-state index is 0. The number of nitrogens with zero attached hydrogens (tertiary/aromatic N) is 3. The van der Waals surface area contributed by atoms with E-state index in [1.54, 1.807) is 0 Å². The molecule has 120 valence electrons. The number of hydrogen-bond acceptors (Lipinski definition) is 2. The second kappa shape index (κ2) is 8.41. The summed E-state index contributed by atoms with van der Waals surface area (Å²) in [4.78, 5) is 9.13. The molecule has 22 heavy (non-hydrogen) atoms. The molecule has 0 aromatic heterocycles. The summed E-state index contributed by atoms with van der Waals surface area (Å²) in [5, 5.41) is 0. The summed E-state index contributed by atoms with van der Waals surface area (Å²) >= 11 is 0. The Balaban J connectivity index is 0.00000176. The summed E-state index contributed by atoms with van der Waals surface area (Å²) in [6, 6.07) is 8.61. The maximum absolute atomic E-state index is 6.11. The Bertz CT molecular complexity index is 527. The van der Waals surface area contributed by atoms with Crippen LogP contribution in [0.4, 0.5) is 5.69 Å². The molecule has 0 atom stereocenters. The van der Waals surface area contributed by atoms with Crippen molar-refractivity contribution in [3.05, 3.63) is 42.0 Å². The summed E-state index contributed by atoms with van der Waals surface area (Å²) < 4.78 is 0. The predicted octanol–water partition coefficient (Wildman–Crippen LogP) is 2.98. The average Bonchev–Trinajstić information content (AvgIpc) is 3.08. The smallest absolute Gasteiger partial charge is 0.191 e. The highest BCUT2D eigenvalue weighted by atomic mass is 127. The third-order valence-electron chi connectivity index (χ3n) is 4.20. The zero-order valence-electron chi connectivity index (χ0n) is 12.9. The Morgan fingerprint density at radius 2 is 1.82 bits per heavy atom. The van der Waals surface area contributed by atoms with Crippen LogP contribution in [0.15, 0.2) is 41.4 Å². The Labute approximate surface area is 150 Å². The van der Waals surface area contributed by atoms with E-state index in [2.05, 4.69) is 51.2 Å². The van der Waals surface area contributed by atoms with E-state index >= 15 is 0 Å². The highest BCUT2D eigenvalue weighted by Crippen LogP contribution is 2.19. The molecule has 2 N–H and O–H groups in total. The molecule has 0 radical (unpaired) electrons. The first-order valence-electron chi connectivity index (χ1n) is 7.87. The first-order chi connectivity index (χ1) is 10.3. The second-order valence-electron chi connectivity index (χ2n) is 5.77. The molecule has 2 heterocycles. The maximum atomic E-state index is 6.11. The minimum atomic E-state index is 0. The third kappa shape index (κ3) is 4.38. The first-order valence-corrected chi connectivity index (χ1v) is 7.87. The van der Waals surface area contributed by atoms with Crippen molar-refractivity contribution in [1.82, 2.24) is 4.90 Å². The molecule has 0 amide bonds. The molecule has 4 nitrogen and oxygen atoms in total. The number of piperidine rings is 1. The van der Waals surface area contributed by atoms with Crippen molar-refractivity contribution in [3.63, 3.8) is 0 Å². The normalized spacial score (nSPS) is 18.5. The van der Waals surface area contributed by atoms with Crippen LogP contribution in [0, 0.1) is 0 Å². The number of aliphatic imine (C=N–C) groups is 1. The van der Waals surface area contributed by atoms with Gasteiger partial charge in [0.05, 0.1) is 6.54 Å². The van der Waals surface area contributed by atoms with E-state index < -0.39 is 0 Å². The molecule has 0 unspecified atom stereocenters. The topological polar surface area (TPSA) is 44.9 Å². The minimum Gasteiger partial charge on any atom is -0.370 e. The van der Waals surface area contributed by atoms with E-state index in [1.807, 2.05) is 0 Å². The lowest BCUT2D eigenvalue weighted by atomic mass is 10.1. The quantitative estimate of drug-likeness (QED) is 0.359. The fraction of sp³-hybridized carbons (Fsp3) is 0.471. The molecular formula is C17H25IN4. The Hall–Kier alpha value is -1.24. The van der Waals surface area contributed by atoms with Gasteiger partial charge in [0.25, 0.3) is 0 Å². The lowest BCUT2D eigenvalue weighted by molar-refractivity contribution is 0.338. The van der Waals surface area contributed by atoms with Gasteiger partial charge in [-0.05, 0) is 37.0 Å². The predicted molar refractivity (Wildman–Crippen MR) is 104 cm³/mol. The van der Waals surface area contributed by atoms with Gasteiger partial charge < -0.3 is 15.5 Å². The molecule has 0 spiro atoms. The van der Waals surface area contributed by atoms with Crippen LogP contribution < -0.4 is 10.6 Å². The van der Waals surface area contributed by atoms with Crippen LogP contribution in [0.5, 0.6) is 0 Å². The second-order valence-corrected chi connectivity index (χ2v) is 5.77. The zero-order chi connectivity index (χ0) is 14.5. The van der Waals surface area contributed by atoms with Gasteiger partial charge in [-0.15, -0.1) is 24.0 Å². The first kappa shape index (κ1) is 17.1. The molecule has 5 heteroatoms. The van der Waals surface area contributed by atoms with E-state index in [0.29, 0.717) is 12.5 Å². The van der Waals surface area contributed by atoms with Crippen molar-refractivity contribution in [2.24, 2.45) is 10.7 Å². The summed E-state index contributed by atoms with van der Waals surface area (Å²) in [6.45, 7) is 4.77. The maximum Gasteiger partial charge on any atom is 0.191 e. The largest absolute Gasteiger partial charge is 0.370 e. The lowest BCUT2D eigenvalue weighted by Crippen LogP contribution is -2.40. The summed E-state index contributed by atoms with van der Waals surface area (Å²) in [6.07, 6.45) is 8.19. The van der Waals surface area contributed by atoms with E-state index in [1.165, 1.54) is 30.5 Å². The van der Waals surface area contributed by atoms with Crippen molar-refractivity contribution in [3.8, 4) is 0 Å². The molecular weight excluding hydrogens is 387 g/mol. The molecule has 2 aliphatic heterocycles. The fourth-order valence-corrected chi connectivity index (χ4v) is 2.94. The average molecular weight is 412 g/mol. The number of anilines is 1. The Morgan fingerprint density at radius 1 is 1.09 bits per heavy atom. The number of nitrogens with two attached hydrogens (primary N) is 1. The monoisotopic (exact) mass is 412 g/mol. The number of halogens is 1. The van der Waals surface area contributed by atoms with E-state index in [9.17, 15) is 0 Å². The fourth-order valence-electron chi connectivity index (χ4n) is 2.94. The molecule has 1 fully saturated rings. The van der Waals surface area contributed by atoms with Gasteiger partial charge in [0.15, 0.2) is 5.96 Å². The molecule has 0 aliphatic carbocycles. The molecule has 2 aliphatic rings. The third-order valence-corrected chi connectivity index (χ3v) is 4.20. The SMILES string of the molecule is I.NC(=NCc1cccc(N2CC=CC2)c1)N1CCCCC1. The van der Waals surface area contributed by atoms with Crippen LogP contribution in [-0.4, -0.2) is 37.0 Å². The molecule has 0 bridgehead atoms. The highest BCUT2D eigenvalue weighted by molar-refractivity contribution is 14.0. The molecule has 1 aromatic rings. The van der Waals surface area contributed by atoms with Gasteiger partial charge in [-0.1, -0.05) is 24.3 Å². The van der Waals surface area contributed by atoms with E-state index in [-0.39, 0.29) is 24.0 Å². The van der Waals surface area contributed by atoms with Gasteiger partial charge in [0.2, 0.25) is 0 Å². The standard InChI is InChI=1S/C17H24N4.HI/c18-17(21-11-2-1-3-12-21)19-14-15-7-6-8-16(13-15)20-9-4-5-10-20;/h4-8,13H,1-3,9-12,14H2,(H2,18,19);1H. The molecule has 0 saturated carbocycles. The number of guanidine groups is 1. The van der Waals surface area contributed by atoms with Gasteiger partial charge in [0.1, 0.15) is 0 Å². The molecule has 3 rings (SSSR count). The van der Waals surface area contributed by atoms with Gasteiger partial charge in [-0.2, -0.15) is 0 Å². The van der Waals surface area contributed by atoms with Crippen LogP contribution in [0.25, 0.3) is 0 Å². The number of hydrogen-bond donors (Lipinski definition) is 1. The Morgan fingerprint density at radius 3 is 2.55 bits per heavy atom. The lowest BCUT2D eigenvalue weighted by Gasteiger charge is -2.27. The van der Waals surface area contributed by atoms with Crippen LogP contribution in [0.3, 0.4) is 0 Å². The Kier molecular flexibility index (Phi) is 6.54. The van der Waals surface area contributed by atoms with Crippen LogP contribution in [0.2, 0.25) is 0 Å². The van der Waals surface area contributed by atoms with Gasteiger partial charge >= 0.3 is 0 Å². The van der Waals surface area contributed by atoms with Crippen LogP contribution >= 0.6 is 24.0 Å². The number of likely N-dealkylation sites (tertiary alicyclic amines) is 1. The van der Waals surface area contributed by atoms with Crippen LogP contribution in [-0.2, 0) is 6.54 Å². The van der Waals surface area contributed by atoms with Crippen molar-refractivity contribution in [1.29, 1.82) is 0 Å². The highest BCUT2D eigenvalue weighted by Gasteiger charge is 2.12. The molecule has 1 saturated heterocycles. The van der Waals surface area contributed by atoms with Gasteiger partial charge in [-0.3, -0.25) is 0 Å².